The zero-order chi connectivity index (χ0) is 13.4. The number of rotatable bonds is 7. The summed E-state index contributed by atoms with van der Waals surface area (Å²) in [4.78, 5) is 21.4. The van der Waals surface area contributed by atoms with Gasteiger partial charge in [0.25, 0.3) is 0 Å². The fourth-order valence-electron chi connectivity index (χ4n) is 0.969. The Labute approximate surface area is 101 Å². The van der Waals surface area contributed by atoms with Crippen molar-refractivity contribution < 1.29 is 28.5 Å². The van der Waals surface area contributed by atoms with Gasteiger partial charge in [-0.2, -0.15) is 0 Å². The molecule has 0 heterocycles. The highest BCUT2D eigenvalue weighted by Gasteiger charge is 2.23. The second-order valence-corrected chi connectivity index (χ2v) is 3.79. The van der Waals surface area contributed by atoms with E-state index in [0.29, 0.717) is 0 Å². The monoisotopic (exact) mass is 248 g/mol. The molecule has 0 radical (unpaired) electrons. The maximum atomic E-state index is 10.9. The first-order valence-electron chi connectivity index (χ1n) is 5.40. The van der Waals surface area contributed by atoms with E-state index in [9.17, 15) is 9.59 Å². The summed E-state index contributed by atoms with van der Waals surface area (Å²) in [5.74, 6) is -0.899. The van der Waals surface area contributed by atoms with Crippen LogP contribution in [0.5, 0.6) is 0 Å². The lowest BCUT2D eigenvalue weighted by molar-refractivity contribution is -0.229. The summed E-state index contributed by atoms with van der Waals surface area (Å²) < 4.78 is 20.1. The van der Waals surface area contributed by atoms with Gasteiger partial charge in [0, 0.05) is 13.8 Å². The molecule has 17 heavy (non-hydrogen) atoms. The van der Waals surface area contributed by atoms with Crippen LogP contribution in [0.1, 0.15) is 34.6 Å². The lowest BCUT2D eigenvalue weighted by atomic mass is 10.3. The highest BCUT2D eigenvalue weighted by Crippen LogP contribution is 2.09. The molecule has 0 N–H and O–H groups in total. The SMILES string of the molecule is CC(=O)OCOC(C)C(OC(C)=O)OC(C)C. The molecule has 0 aliphatic heterocycles. The van der Waals surface area contributed by atoms with E-state index >= 15 is 0 Å². The van der Waals surface area contributed by atoms with Gasteiger partial charge in [0.05, 0.1) is 6.10 Å². The average molecular weight is 248 g/mol. The number of carbonyl (C=O) groups is 2. The van der Waals surface area contributed by atoms with E-state index in [2.05, 4.69) is 4.74 Å². The van der Waals surface area contributed by atoms with E-state index in [1.165, 1.54) is 13.8 Å². The van der Waals surface area contributed by atoms with Crippen molar-refractivity contribution in [1.29, 1.82) is 0 Å². The van der Waals surface area contributed by atoms with Crippen LogP contribution in [0.2, 0.25) is 0 Å². The molecule has 0 spiro atoms. The molecule has 0 aromatic rings. The van der Waals surface area contributed by atoms with Crippen molar-refractivity contribution in [2.24, 2.45) is 0 Å². The van der Waals surface area contributed by atoms with Crippen molar-refractivity contribution >= 4 is 11.9 Å². The Morgan fingerprint density at radius 1 is 1.06 bits per heavy atom. The summed E-state index contributed by atoms with van der Waals surface area (Å²) in [7, 11) is 0. The standard InChI is InChI=1S/C11H20O6/c1-7(2)16-11(17-10(5)13)8(3)14-6-15-9(4)12/h7-8,11H,6H2,1-5H3. The predicted octanol–water partition coefficient (Wildman–Crippen LogP) is 1.23. The molecule has 0 bridgehead atoms. The first-order chi connectivity index (χ1) is 7.82. The van der Waals surface area contributed by atoms with E-state index in [1.807, 2.05) is 13.8 Å². The number of ether oxygens (including phenoxy) is 4. The molecule has 6 nitrogen and oxygen atoms in total. The molecule has 0 aliphatic rings. The minimum absolute atomic E-state index is 0.112. The van der Waals surface area contributed by atoms with Gasteiger partial charge < -0.3 is 18.9 Å². The smallest absolute Gasteiger partial charge is 0.305 e. The summed E-state index contributed by atoms with van der Waals surface area (Å²) in [6.07, 6.45) is -1.46. The number of carbonyl (C=O) groups excluding carboxylic acids is 2. The van der Waals surface area contributed by atoms with E-state index in [-0.39, 0.29) is 12.9 Å². The van der Waals surface area contributed by atoms with Crippen molar-refractivity contribution in [3.8, 4) is 0 Å². The third-order valence-electron chi connectivity index (χ3n) is 1.66. The van der Waals surface area contributed by atoms with Crippen LogP contribution < -0.4 is 0 Å². The third-order valence-corrected chi connectivity index (χ3v) is 1.66. The van der Waals surface area contributed by atoms with Crippen LogP contribution in [-0.4, -0.2) is 37.2 Å². The zero-order valence-corrected chi connectivity index (χ0v) is 10.9. The lowest BCUT2D eigenvalue weighted by Gasteiger charge is -2.25. The molecule has 0 saturated heterocycles. The van der Waals surface area contributed by atoms with Crippen molar-refractivity contribution in [1.82, 2.24) is 0 Å². The van der Waals surface area contributed by atoms with Crippen LogP contribution in [0.15, 0.2) is 0 Å². The summed E-state index contributed by atoms with van der Waals surface area (Å²) >= 11 is 0. The molecule has 0 aliphatic carbocycles. The molecule has 2 atom stereocenters. The Kier molecular flexibility index (Phi) is 7.49. The summed E-state index contributed by atoms with van der Waals surface area (Å²) in [5, 5.41) is 0. The summed E-state index contributed by atoms with van der Waals surface area (Å²) in [6, 6.07) is 0. The zero-order valence-electron chi connectivity index (χ0n) is 10.9. The average Bonchev–Trinajstić information content (AvgIpc) is 2.14. The Morgan fingerprint density at radius 3 is 2.06 bits per heavy atom. The van der Waals surface area contributed by atoms with Crippen molar-refractivity contribution in [3.63, 3.8) is 0 Å². The van der Waals surface area contributed by atoms with Crippen LogP contribution in [0.3, 0.4) is 0 Å². The molecule has 100 valence electrons. The fraction of sp³-hybridized carbons (Fsp3) is 0.818. The first-order valence-corrected chi connectivity index (χ1v) is 5.40. The first kappa shape index (κ1) is 15.9. The molecular formula is C11H20O6. The molecular weight excluding hydrogens is 228 g/mol. The minimum atomic E-state index is -0.817. The third kappa shape index (κ3) is 8.65. The van der Waals surface area contributed by atoms with E-state index in [0.717, 1.165) is 0 Å². The van der Waals surface area contributed by atoms with E-state index in [4.69, 9.17) is 14.2 Å². The minimum Gasteiger partial charge on any atom is -0.439 e. The van der Waals surface area contributed by atoms with Crippen LogP contribution >= 0.6 is 0 Å². The van der Waals surface area contributed by atoms with E-state index in [1.54, 1.807) is 6.92 Å². The molecule has 0 aromatic heterocycles. The highest BCUT2D eigenvalue weighted by atomic mass is 16.7. The topological polar surface area (TPSA) is 71.1 Å². The van der Waals surface area contributed by atoms with E-state index < -0.39 is 24.3 Å². The van der Waals surface area contributed by atoms with Crippen LogP contribution in [0, 0.1) is 0 Å². The molecule has 6 heteroatoms. The van der Waals surface area contributed by atoms with Gasteiger partial charge in [0.1, 0.15) is 6.10 Å². The Hall–Kier alpha value is -1.14. The Bertz CT molecular complexity index is 250. The van der Waals surface area contributed by atoms with Gasteiger partial charge in [-0.1, -0.05) is 0 Å². The number of hydrogen-bond donors (Lipinski definition) is 0. The largest absolute Gasteiger partial charge is 0.439 e. The van der Waals surface area contributed by atoms with Crippen molar-refractivity contribution in [2.75, 3.05) is 6.79 Å². The van der Waals surface area contributed by atoms with Crippen LogP contribution in [-0.2, 0) is 28.5 Å². The Balaban J connectivity index is 4.16. The second kappa shape index (κ2) is 8.03. The van der Waals surface area contributed by atoms with Gasteiger partial charge in [-0.05, 0) is 20.8 Å². The van der Waals surface area contributed by atoms with Crippen molar-refractivity contribution in [3.05, 3.63) is 0 Å². The van der Waals surface area contributed by atoms with Crippen LogP contribution in [0.4, 0.5) is 0 Å². The van der Waals surface area contributed by atoms with Gasteiger partial charge in [-0.25, -0.2) is 0 Å². The molecule has 0 fully saturated rings. The maximum Gasteiger partial charge on any atom is 0.305 e. The number of esters is 2. The van der Waals surface area contributed by atoms with Crippen LogP contribution in [0.25, 0.3) is 0 Å². The number of hydrogen-bond acceptors (Lipinski definition) is 6. The Morgan fingerprint density at radius 2 is 1.65 bits per heavy atom. The van der Waals surface area contributed by atoms with Gasteiger partial charge in [0.15, 0.2) is 6.79 Å². The maximum absolute atomic E-state index is 10.9. The molecule has 0 amide bonds. The summed E-state index contributed by atoms with van der Waals surface area (Å²) in [5.41, 5.74) is 0. The summed E-state index contributed by atoms with van der Waals surface area (Å²) in [6.45, 7) is 7.66. The van der Waals surface area contributed by atoms with Gasteiger partial charge >= 0.3 is 11.9 Å². The molecule has 0 rings (SSSR count). The van der Waals surface area contributed by atoms with Gasteiger partial charge in [-0.3, -0.25) is 9.59 Å². The van der Waals surface area contributed by atoms with Gasteiger partial charge in [-0.15, -0.1) is 0 Å². The van der Waals surface area contributed by atoms with Crippen molar-refractivity contribution in [2.45, 2.75) is 53.1 Å². The predicted molar refractivity (Wildman–Crippen MR) is 59.0 cm³/mol. The van der Waals surface area contributed by atoms with Gasteiger partial charge in [0.2, 0.25) is 6.29 Å². The fourth-order valence-corrected chi connectivity index (χ4v) is 0.969. The lowest BCUT2D eigenvalue weighted by Crippen LogP contribution is -2.35. The normalized spacial score (nSPS) is 14.2. The molecule has 0 aromatic carbocycles. The quantitative estimate of drug-likeness (QED) is 0.498. The second-order valence-electron chi connectivity index (χ2n) is 3.79. The molecule has 2 unspecified atom stereocenters. The molecule has 0 saturated carbocycles. The highest BCUT2D eigenvalue weighted by molar-refractivity contribution is 5.66.